The van der Waals surface area contributed by atoms with Crippen molar-refractivity contribution in [1.29, 1.82) is 0 Å². The van der Waals surface area contributed by atoms with E-state index in [-0.39, 0.29) is 24.0 Å². The number of piperazine rings is 1. The lowest BCUT2D eigenvalue weighted by Crippen LogP contribution is -2.54. The molecule has 4 amide bonds. The predicted molar refractivity (Wildman–Crippen MR) is 142 cm³/mol. The van der Waals surface area contributed by atoms with Crippen LogP contribution in [0.3, 0.4) is 0 Å². The molecule has 10 heteroatoms. The van der Waals surface area contributed by atoms with Crippen molar-refractivity contribution in [3.63, 3.8) is 0 Å². The van der Waals surface area contributed by atoms with Crippen LogP contribution in [0.5, 0.6) is 5.75 Å². The summed E-state index contributed by atoms with van der Waals surface area (Å²) in [6, 6.07) is 12.0. The van der Waals surface area contributed by atoms with Crippen molar-refractivity contribution in [2.75, 3.05) is 50.0 Å². The Bertz CT molecular complexity index is 1220. The highest BCUT2D eigenvalue weighted by molar-refractivity contribution is 6.24. The molecular formula is C28H33N5O5. The van der Waals surface area contributed by atoms with Crippen LogP contribution in [0.2, 0.25) is 0 Å². The van der Waals surface area contributed by atoms with Crippen molar-refractivity contribution in [1.82, 2.24) is 15.1 Å². The van der Waals surface area contributed by atoms with E-state index < -0.39 is 29.7 Å². The molecule has 0 aliphatic carbocycles. The third-order valence-corrected chi connectivity index (χ3v) is 7.44. The molecule has 0 saturated carbocycles. The van der Waals surface area contributed by atoms with E-state index >= 15 is 0 Å². The van der Waals surface area contributed by atoms with Gasteiger partial charge in [-0.05, 0) is 68.6 Å². The van der Waals surface area contributed by atoms with Gasteiger partial charge in [0.15, 0.2) is 0 Å². The predicted octanol–water partition coefficient (Wildman–Crippen LogP) is 2.04. The Kier molecular flexibility index (Phi) is 7.59. The van der Waals surface area contributed by atoms with Gasteiger partial charge in [-0.2, -0.15) is 0 Å². The molecule has 10 nitrogen and oxygen atoms in total. The number of amides is 4. The van der Waals surface area contributed by atoms with Crippen molar-refractivity contribution in [3.05, 3.63) is 53.6 Å². The fourth-order valence-corrected chi connectivity index (χ4v) is 5.32. The molecule has 200 valence electrons. The maximum Gasteiger partial charge on any atom is 0.266 e. The smallest absolute Gasteiger partial charge is 0.266 e. The normalized spacial score (nSPS) is 20.1. The van der Waals surface area contributed by atoms with Gasteiger partial charge < -0.3 is 15.4 Å². The number of hydrogen-bond donors (Lipinski definition) is 2. The Morgan fingerprint density at radius 2 is 1.66 bits per heavy atom. The first-order valence-corrected chi connectivity index (χ1v) is 13.2. The van der Waals surface area contributed by atoms with Crippen LogP contribution in [0.25, 0.3) is 0 Å². The zero-order valence-electron chi connectivity index (χ0n) is 21.4. The van der Waals surface area contributed by atoms with E-state index in [1.165, 1.54) is 5.69 Å². The van der Waals surface area contributed by atoms with Gasteiger partial charge in [-0.1, -0.05) is 6.07 Å². The molecule has 5 rings (SSSR count). The number of rotatable bonds is 9. The summed E-state index contributed by atoms with van der Waals surface area (Å²) in [6.45, 7) is 5.50. The molecule has 0 aromatic heterocycles. The second-order valence-corrected chi connectivity index (χ2v) is 9.96. The maximum absolute atomic E-state index is 13.1. The molecule has 0 spiro atoms. The first kappa shape index (κ1) is 25.7. The van der Waals surface area contributed by atoms with Gasteiger partial charge in [0.1, 0.15) is 11.8 Å². The zero-order chi connectivity index (χ0) is 26.6. The minimum atomic E-state index is -0.985. The molecule has 1 unspecified atom stereocenters. The van der Waals surface area contributed by atoms with Crippen molar-refractivity contribution < 1.29 is 23.9 Å². The van der Waals surface area contributed by atoms with Crippen LogP contribution in [-0.2, 0) is 9.59 Å². The SMILES string of the molecule is Nc1ccc(N2CCN(CCCCCOc3cccc4c3C(=O)N(C3CCC(=O)NC3=O)C4=O)CC2)cc1. The van der Waals surface area contributed by atoms with Gasteiger partial charge in [0.05, 0.1) is 17.7 Å². The molecule has 3 N–H and O–H groups in total. The van der Waals surface area contributed by atoms with Crippen LogP contribution < -0.4 is 20.7 Å². The standard InChI is InChI=1S/C28H33N5O5/c29-19-7-9-20(10-8-19)32-16-14-31(15-17-32)13-2-1-3-18-38-23-6-4-5-21-25(23)28(37)33(27(21)36)22-11-12-24(34)30-26(22)35/h4-10,22H,1-3,11-18,29H2,(H,30,34,35). The number of nitrogens with one attached hydrogen (secondary N) is 1. The lowest BCUT2D eigenvalue weighted by atomic mass is 10.0. The molecule has 2 saturated heterocycles. The highest BCUT2D eigenvalue weighted by Crippen LogP contribution is 2.33. The molecular weight excluding hydrogens is 486 g/mol. The van der Waals surface area contributed by atoms with E-state index in [0.29, 0.717) is 12.4 Å². The van der Waals surface area contributed by atoms with Gasteiger partial charge in [-0.15, -0.1) is 0 Å². The van der Waals surface area contributed by atoms with Crippen LogP contribution in [0, 0.1) is 0 Å². The molecule has 2 aromatic carbocycles. The summed E-state index contributed by atoms with van der Waals surface area (Å²) in [6.07, 6.45) is 3.09. The summed E-state index contributed by atoms with van der Waals surface area (Å²) < 4.78 is 5.93. The van der Waals surface area contributed by atoms with E-state index in [1.54, 1.807) is 18.2 Å². The lowest BCUT2D eigenvalue weighted by Gasteiger charge is -2.36. The van der Waals surface area contributed by atoms with Crippen molar-refractivity contribution >= 4 is 35.0 Å². The van der Waals surface area contributed by atoms with E-state index in [4.69, 9.17) is 10.5 Å². The molecule has 3 aliphatic heterocycles. The fraction of sp³-hybridized carbons (Fsp3) is 0.429. The van der Waals surface area contributed by atoms with E-state index in [9.17, 15) is 19.2 Å². The molecule has 2 aromatic rings. The molecule has 3 aliphatic rings. The molecule has 3 heterocycles. The molecule has 0 radical (unpaired) electrons. The summed E-state index contributed by atoms with van der Waals surface area (Å²) >= 11 is 0. The van der Waals surface area contributed by atoms with Gasteiger partial charge in [-0.25, -0.2) is 0 Å². The van der Waals surface area contributed by atoms with Gasteiger partial charge in [0, 0.05) is 44.0 Å². The Morgan fingerprint density at radius 3 is 2.39 bits per heavy atom. The highest BCUT2D eigenvalue weighted by Gasteiger charge is 2.46. The van der Waals surface area contributed by atoms with Gasteiger partial charge in [0.25, 0.3) is 11.8 Å². The Balaban J connectivity index is 1.06. The van der Waals surface area contributed by atoms with Crippen LogP contribution >= 0.6 is 0 Å². The second-order valence-electron chi connectivity index (χ2n) is 9.96. The van der Waals surface area contributed by atoms with E-state index in [1.807, 2.05) is 12.1 Å². The van der Waals surface area contributed by atoms with Crippen molar-refractivity contribution in [3.8, 4) is 5.75 Å². The Labute approximate surface area is 221 Å². The minimum Gasteiger partial charge on any atom is -0.493 e. The zero-order valence-corrected chi connectivity index (χ0v) is 21.4. The number of nitrogens with zero attached hydrogens (tertiary/aromatic N) is 3. The third kappa shape index (κ3) is 5.35. The largest absolute Gasteiger partial charge is 0.493 e. The number of imide groups is 2. The van der Waals surface area contributed by atoms with Crippen LogP contribution in [0.4, 0.5) is 11.4 Å². The lowest BCUT2D eigenvalue weighted by molar-refractivity contribution is -0.136. The number of nitrogen functional groups attached to an aromatic ring is 1. The number of carbonyl (C=O) groups is 4. The number of hydrogen-bond acceptors (Lipinski definition) is 8. The number of anilines is 2. The summed E-state index contributed by atoms with van der Waals surface area (Å²) in [4.78, 5) is 55.7. The topological polar surface area (TPSA) is 125 Å². The number of benzene rings is 2. The summed E-state index contributed by atoms with van der Waals surface area (Å²) in [5.41, 5.74) is 8.21. The highest BCUT2D eigenvalue weighted by atomic mass is 16.5. The quantitative estimate of drug-likeness (QED) is 0.293. The molecule has 38 heavy (non-hydrogen) atoms. The first-order chi connectivity index (χ1) is 18.4. The van der Waals surface area contributed by atoms with E-state index in [0.717, 1.165) is 62.6 Å². The number of fused-ring (bicyclic) bond motifs is 1. The van der Waals surface area contributed by atoms with E-state index in [2.05, 4.69) is 27.2 Å². The number of carbonyl (C=O) groups excluding carboxylic acids is 4. The summed E-state index contributed by atoms with van der Waals surface area (Å²) in [7, 11) is 0. The van der Waals surface area contributed by atoms with Crippen LogP contribution in [0.1, 0.15) is 52.8 Å². The monoisotopic (exact) mass is 519 g/mol. The average Bonchev–Trinajstić information content (AvgIpc) is 3.17. The molecule has 1 atom stereocenters. The number of ether oxygens (including phenoxy) is 1. The first-order valence-electron chi connectivity index (χ1n) is 13.2. The Morgan fingerprint density at radius 1 is 0.895 bits per heavy atom. The van der Waals surface area contributed by atoms with Crippen LogP contribution in [-0.4, -0.2) is 78.8 Å². The van der Waals surface area contributed by atoms with Crippen molar-refractivity contribution in [2.45, 2.75) is 38.1 Å². The fourth-order valence-electron chi connectivity index (χ4n) is 5.32. The number of piperidine rings is 1. The van der Waals surface area contributed by atoms with Crippen molar-refractivity contribution in [2.24, 2.45) is 0 Å². The number of unbranched alkanes of at least 4 members (excludes halogenated alkanes) is 2. The van der Waals surface area contributed by atoms with Gasteiger partial charge in [0.2, 0.25) is 11.8 Å². The maximum atomic E-state index is 13.1. The molecule has 2 fully saturated rings. The van der Waals surface area contributed by atoms with Gasteiger partial charge in [-0.3, -0.25) is 34.3 Å². The van der Waals surface area contributed by atoms with Crippen LogP contribution in [0.15, 0.2) is 42.5 Å². The number of nitrogens with two attached hydrogens (primary N) is 1. The second kappa shape index (κ2) is 11.2. The molecule has 0 bridgehead atoms. The summed E-state index contributed by atoms with van der Waals surface area (Å²) in [5.74, 6) is -1.73. The minimum absolute atomic E-state index is 0.0887. The third-order valence-electron chi connectivity index (χ3n) is 7.44. The summed E-state index contributed by atoms with van der Waals surface area (Å²) in [5, 5.41) is 2.21. The Hall–Kier alpha value is -3.92. The average molecular weight is 520 g/mol. The van der Waals surface area contributed by atoms with Gasteiger partial charge >= 0.3 is 0 Å².